The molecular weight excluding hydrogens is 328 g/mol. The maximum Gasteiger partial charge on any atom is 0.228 e. The lowest BCUT2D eigenvalue weighted by Gasteiger charge is -2.24. The van der Waals surface area contributed by atoms with Crippen LogP contribution in [0.3, 0.4) is 0 Å². The summed E-state index contributed by atoms with van der Waals surface area (Å²) in [7, 11) is 0. The molecule has 1 unspecified atom stereocenters. The minimum Gasteiger partial charge on any atom is -0.357 e. The average molecular weight is 363 g/mol. The third-order valence-electron chi connectivity index (χ3n) is 5.34. The van der Waals surface area contributed by atoms with Crippen LogP contribution in [0.2, 0.25) is 0 Å². The van der Waals surface area contributed by atoms with Crippen molar-refractivity contribution in [1.29, 1.82) is 0 Å². The van der Waals surface area contributed by atoms with Gasteiger partial charge in [0.15, 0.2) is 11.8 Å². The number of aliphatic imine (C=N–C) groups is 1. The van der Waals surface area contributed by atoms with E-state index in [1.165, 1.54) is 38.6 Å². The largest absolute Gasteiger partial charge is 0.357 e. The Morgan fingerprint density at radius 3 is 2.81 bits per heavy atom. The van der Waals surface area contributed by atoms with Crippen molar-refractivity contribution in [1.82, 2.24) is 25.7 Å². The van der Waals surface area contributed by atoms with E-state index in [0.29, 0.717) is 30.8 Å². The van der Waals surface area contributed by atoms with Crippen LogP contribution in [0.1, 0.15) is 70.5 Å². The molecule has 0 radical (unpaired) electrons. The lowest BCUT2D eigenvalue weighted by molar-refractivity contribution is 0.242. The Kier molecular flexibility index (Phi) is 6.88. The summed E-state index contributed by atoms with van der Waals surface area (Å²) in [6, 6.07) is 1.30. The number of likely N-dealkylation sites (tertiary alicyclic amines) is 1. The number of nitrogens with zero attached hydrogens (tertiary/aromatic N) is 4. The zero-order valence-corrected chi connectivity index (χ0v) is 16.5. The lowest BCUT2D eigenvalue weighted by Crippen LogP contribution is -2.45. The molecule has 0 bridgehead atoms. The Bertz CT molecular complexity index is 578. The highest BCUT2D eigenvalue weighted by molar-refractivity contribution is 5.80. The number of rotatable bonds is 7. The number of hydrogen-bond donors (Lipinski definition) is 2. The highest BCUT2D eigenvalue weighted by atomic mass is 16.5. The molecule has 0 aromatic carbocycles. The van der Waals surface area contributed by atoms with Crippen LogP contribution in [0.15, 0.2) is 9.52 Å². The summed E-state index contributed by atoms with van der Waals surface area (Å²) >= 11 is 0. The smallest absolute Gasteiger partial charge is 0.228 e. The van der Waals surface area contributed by atoms with Gasteiger partial charge in [-0.2, -0.15) is 4.98 Å². The normalized spacial score (nSPS) is 22.5. The van der Waals surface area contributed by atoms with Gasteiger partial charge >= 0.3 is 0 Å². The highest BCUT2D eigenvalue weighted by Gasteiger charge is 2.30. The van der Waals surface area contributed by atoms with E-state index in [2.05, 4.69) is 46.4 Å². The Morgan fingerprint density at radius 1 is 1.31 bits per heavy atom. The molecule has 2 N–H and O–H groups in total. The van der Waals surface area contributed by atoms with Crippen LogP contribution in [-0.2, 0) is 6.42 Å². The number of hydrogen-bond acceptors (Lipinski definition) is 5. The first-order valence-electron chi connectivity index (χ1n) is 10.3. The summed E-state index contributed by atoms with van der Waals surface area (Å²) in [4.78, 5) is 11.8. The molecule has 2 heterocycles. The molecule has 1 atom stereocenters. The zero-order chi connectivity index (χ0) is 18.4. The van der Waals surface area contributed by atoms with Crippen molar-refractivity contribution in [2.24, 2.45) is 4.99 Å². The highest BCUT2D eigenvalue weighted by Crippen LogP contribution is 2.26. The molecule has 0 spiro atoms. The SMILES string of the molecule is CCNC(=NCCc1nc(C(C)C)no1)NC1CCN(C2CCCC2)C1. The minimum absolute atomic E-state index is 0.292. The Morgan fingerprint density at radius 2 is 2.12 bits per heavy atom. The van der Waals surface area contributed by atoms with Crippen molar-refractivity contribution in [3.05, 3.63) is 11.7 Å². The molecule has 3 rings (SSSR count). The molecule has 146 valence electrons. The van der Waals surface area contributed by atoms with Crippen molar-refractivity contribution >= 4 is 5.96 Å². The predicted molar refractivity (Wildman–Crippen MR) is 103 cm³/mol. The van der Waals surface area contributed by atoms with E-state index in [-0.39, 0.29) is 0 Å². The maximum absolute atomic E-state index is 5.29. The van der Waals surface area contributed by atoms with Crippen LogP contribution < -0.4 is 10.6 Å². The van der Waals surface area contributed by atoms with Gasteiger partial charge in [-0.25, -0.2) is 0 Å². The molecule has 7 heteroatoms. The van der Waals surface area contributed by atoms with Crippen LogP contribution in [0.25, 0.3) is 0 Å². The van der Waals surface area contributed by atoms with Crippen molar-refractivity contribution in [3.8, 4) is 0 Å². The lowest BCUT2D eigenvalue weighted by atomic mass is 10.2. The minimum atomic E-state index is 0.292. The molecule has 1 saturated carbocycles. The van der Waals surface area contributed by atoms with Crippen LogP contribution in [0.4, 0.5) is 0 Å². The van der Waals surface area contributed by atoms with E-state index in [9.17, 15) is 0 Å². The van der Waals surface area contributed by atoms with Crippen molar-refractivity contribution in [2.75, 3.05) is 26.2 Å². The van der Waals surface area contributed by atoms with Gasteiger partial charge in [0.2, 0.25) is 5.89 Å². The van der Waals surface area contributed by atoms with Crippen molar-refractivity contribution in [2.45, 2.75) is 77.3 Å². The summed E-state index contributed by atoms with van der Waals surface area (Å²) in [6.07, 6.45) is 7.43. The van der Waals surface area contributed by atoms with Crippen molar-refractivity contribution in [3.63, 3.8) is 0 Å². The summed E-state index contributed by atoms with van der Waals surface area (Å²) in [5.74, 6) is 2.63. The summed E-state index contributed by atoms with van der Waals surface area (Å²) in [6.45, 7) is 10.1. The van der Waals surface area contributed by atoms with Gasteiger partial charge in [-0.05, 0) is 26.2 Å². The average Bonchev–Trinajstić information content (AvgIpc) is 3.36. The molecule has 0 amide bonds. The Labute approximate surface area is 157 Å². The molecule has 1 aromatic rings. The first-order chi connectivity index (χ1) is 12.7. The van der Waals surface area contributed by atoms with E-state index in [1.807, 2.05) is 0 Å². The molecule has 1 aliphatic heterocycles. The molecule has 1 aliphatic carbocycles. The quantitative estimate of drug-likeness (QED) is 0.572. The van der Waals surface area contributed by atoms with Gasteiger partial charge in [-0.3, -0.25) is 9.89 Å². The summed E-state index contributed by atoms with van der Waals surface area (Å²) in [5.41, 5.74) is 0. The molecule has 1 aromatic heterocycles. The second kappa shape index (κ2) is 9.35. The third-order valence-corrected chi connectivity index (χ3v) is 5.34. The fraction of sp³-hybridized carbons (Fsp3) is 0.842. The van der Waals surface area contributed by atoms with E-state index in [0.717, 1.165) is 30.9 Å². The molecule has 26 heavy (non-hydrogen) atoms. The second-order valence-corrected chi connectivity index (χ2v) is 7.77. The van der Waals surface area contributed by atoms with Crippen molar-refractivity contribution < 1.29 is 4.52 Å². The fourth-order valence-electron chi connectivity index (χ4n) is 3.89. The maximum atomic E-state index is 5.29. The first-order valence-corrected chi connectivity index (χ1v) is 10.3. The fourth-order valence-corrected chi connectivity index (χ4v) is 3.89. The van der Waals surface area contributed by atoms with Gasteiger partial charge < -0.3 is 15.2 Å². The van der Waals surface area contributed by atoms with Gasteiger partial charge in [0.1, 0.15) is 0 Å². The number of aromatic nitrogens is 2. The van der Waals surface area contributed by atoms with E-state index in [4.69, 9.17) is 9.52 Å². The summed E-state index contributed by atoms with van der Waals surface area (Å²) in [5, 5.41) is 11.0. The third kappa shape index (κ3) is 5.19. The van der Waals surface area contributed by atoms with Gasteiger partial charge in [-0.15, -0.1) is 0 Å². The standard InChI is InChI=1S/C19H34N6O/c1-4-20-19(21-11-9-17-23-18(14(2)3)24-26-17)22-15-10-12-25(13-15)16-7-5-6-8-16/h14-16H,4-13H2,1-3H3,(H2,20,21,22). The second-order valence-electron chi connectivity index (χ2n) is 7.77. The van der Waals surface area contributed by atoms with Crippen LogP contribution in [0, 0.1) is 0 Å². The van der Waals surface area contributed by atoms with E-state index >= 15 is 0 Å². The van der Waals surface area contributed by atoms with Gasteiger partial charge in [0, 0.05) is 44.1 Å². The van der Waals surface area contributed by atoms with Crippen LogP contribution in [0.5, 0.6) is 0 Å². The zero-order valence-electron chi connectivity index (χ0n) is 16.5. The van der Waals surface area contributed by atoms with E-state index < -0.39 is 0 Å². The predicted octanol–water partition coefficient (Wildman–Crippen LogP) is 2.31. The van der Waals surface area contributed by atoms with Crippen LogP contribution >= 0.6 is 0 Å². The van der Waals surface area contributed by atoms with E-state index in [1.54, 1.807) is 0 Å². The Hall–Kier alpha value is -1.63. The topological polar surface area (TPSA) is 78.6 Å². The summed E-state index contributed by atoms with van der Waals surface area (Å²) < 4.78 is 5.29. The number of nitrogens with one attached hydrogen (secondary N) is 2. The monoisotopic (exact) mass is 362 g/mol. The molecular formula is C19H34N6O. The molecule has 2 fully saturated rings. The van der Waals surface area contributed by atoms with Gasteiger partial charge in [-0.1, -0.05) is 31.8 Å². The first kappa shape index (κ1) is 19.1. The van der Waals surface area contributed by atoms with Gasteiger partial charge in [0.25, 0.3) is 0 Å². The molecule has 1 saturated heterocycles. The Balaban J connectivity index is 1.47. The number of guanidine groups is 1. The molecule has 7 nitrogen and oxygen atoms in total. The van der Waals surface area contributed by atoms with Gasteiger partial charge in [0.05, 0.1) is 6.54 Å². The molecule has 2 aliphatic rings. The van der Waals surface area contributed by atoms with Crippen LogP contribution in [-0.4, -0.2) is 59.3 Å².